The molecule has 0 aliphatic rings. The van der Waals surface area contributed by atoms with Crippen molar-refractivity contribution in [3.8, 4) is 0 Å². The zero-order valence-electron chi connectivity index (χ0n) is 13.4. The predicted molar refractivity (Wildman–Crippen MR) is 91.2 cm³/mol. The summed E-state index contributed by atoms with van der Waals surface area (Å²) in [5.41, 5.74) is 1.93. The number of rotatable bonds is 8. The number of hydrogen-bond donors (Lipinski definition) is 0. The predicted octanol–water partition coefficient (Wildman–Crippen LogP) is 3.54. The highest BCUT2D eigenvalue weighted by molar-refractivity contribution is 5.98. The van der Waals surface area contributed by atoms with Crippen LogP contribution in [0.25, 0.3) is 0 Å². The highest BCUT2D eigenvalue weighted by Crippen LogP contribution is 2.23. The number of Topliss-reactive ketones (excluding diaryl/α,β-unsaturated/α-hetero) is 1. The summed E-state index contributed by atoms with van der Waals surface area (Å²) in [6, 6.07) is 19.8. The first-order chi connectivity index (χ1) is 10.7. The van der Waals surface area contributed by atoms with Crippen molar-refractivity contribution in [3.63, 3.8) is 0 Å². The number of carbonyl (C=O) groups excluding carboxylic acids is 1. The molecular weight excluding hydrogens is 274 g/mol. The Morgan fingerprint density at radius 2 is 1.59 bits per heavy atom. The number of para-hydroxylation sites is 1. The standard InChI is InChI=1S/C19H24NO2/c1-3-20(14-15-22-2,18-12-8-5-9-13-18)16-19(21)17-10-6-4-7-11-17/h4-13H,3,14-16H2,1-2H3/q+1. The van der Waals surface area contributed by atoms with E-state index in [0.717, 1.165) is 24.3 Å². The van der Waals surface area contributed by atoms with E-state index in [-0.39, 0.29) is 5.78 Å². The third-order valence-corrected chi connectivity index (χ3v) is 4.17. The van der Waals surface area contributed by atoms with Gasteiger partial charge in [0.05, 0.1) is 13.2 Å². The average Bonchev–Trinajstić information content (AvgIpc) is 2.60. The first kappa shape index (κ1) is 16.4. The molecule has 2 aromatic carbocycles. The molecule has 0 heterocycles. The Bertz CT molecular complexity index is 583. The normalized spacial score (nSPS) is 13.5. The van der Waals surface area contributed by atoms with Crippen molar-refractivity contribution in [2.45, 2.75) is 6.92 Å². The van der Waals surface area contributed by atoms with Crippen molar-refractivity contribution in [1.82, 2.24) is 4.48 Å². The molecule has 2 rings (SSSR count). The minimum atomic E-state index is 0.169. The van der Waals surface area contributed by atoms with Gasteiger partial charge in [0.2, 0.25) is 5.78 Å². The summed E-state index contributed by atoms with van der Waals surface area (Å²) in [6.45, 7) is 4.85. The number of ether oxygens (including phenoxy) is 1. The minimum Gasteiger partial charge on any atom is -0.379 e. The average molecular weight is 298 g/mol. The van der Waals surface area contributed by atoms with E-state index in [2.05, 4.69) is 19.1 Å². The molecule has 116 valence electrons. The van der Waals surface area contributed by atoms with Crippen LogP contribution in [-0.4, -0.2) is 39.1 Å². The topological polar surface area (TPSA) is 26.3 Å². The molecule has 0 saturated carbocycles. The Kier molecular flexibility index (Phi) is 5.87. The largest absolute Gasteiger partial charge is 0.379 e. The van der Waals surface area contributed by atoms with E-state index in [4.69, 9.17) is 4.74 Å². The molecule has 2 aromatic rings. The molecule has 0 fully saturated rings. The molecule has 0 spiro atoms. The van der Waals surface area contributed by atoms with Gasteiger partial charge in [-0.25, -0.2) is 0 Å². The molecule has 0 saturated heterocycles. The molecule has 1 atom stereocenters. The van der Waals surface area contributed by atoms with Gasteiger partial charge >= 0.3 is 0 Å². The summed E-state index contributed by atoms with van der Waals surface area (Å²) in [5.74, 6) is 0.169. The van der Waals surface area contributed by atoms with E-state index in [9.17, 15) is 4.79 Å². The van der Waals surface area contributed by atoms with E-state index in [1.165, 1.54) is 0 Å². The zero-order valence-corrected chi connectivity index (χ0v) is 13.4. The van der Waals surface area contributed by atoms with Gasteiger partial charge in [-0.2, -0.15) is 0 Å². The van der Waals surface area contributed by atoms with Crippen molar-refractivity contribution < 1.29 is 9.53 Å². The molecular formula is C19H24NO2+. The van der Waals surface area contributed by atoms with E-state index >= 15 is 0 Å². The maximum Gasteiger partial charge on any atom is 0.217 e. The second kappa shape index (κ2) is 7.87. The molecule has 1 unspecified atom stereocenters. The van der Waals surface area contributed by atoms with Crippen molar-refractivity contribution in [1.29, 1.82) is 0 Å². The minimum absolute atomic E-state index is 0.169. The number of hydrogen-bond acceptors (Lipinski definition) is 2. The van der Waals surface area contributed by atoms with Gasteiger partial charge in [-0.3, -0.25) is 9.28 Å². The molecule has 0 radical (unpaired) electrons. The molecule has 22 heavy (non-hydrogen) atoms. The Morgan fingerprint density at radius 1 is 1.00 bits per heavy atom. The first-order valence-electron chi connectivity index (χ1n) is 7.71. The highest BCUT2D eigenvalue weighted by Gasteiger charge is 2.31. The van der Waals surface area contributed by atoms with Gasteiger partial charge in [0.1, 0.15) is 18.8 Å². The van der Waals surface area contributed by atoms with Crippen molar-refractivity contribution >= 4 is 11.5 Å². The number of nitrogens with zero attached hydrogens (tertiary/aromatic N) is 1. The third kappa shape index (κ3) is 3.81. The smallest absolute Gasteiger partial charge is 0.217 e. The van der Waals surface area contributed by atoms with Crippen LogP contribution in [0.2, 0.25) is 0 Å². The molecule has 0 N–H and O–H groups in total. The second-order valence-corrected chi connectivity index (χ2v) is 5.46. The van der Waals surface area contributed by atoms with Gasteiger partial charge in [0, 0.05) is 12.7 Å². The molecule has 3 nitrogen and oxygen atoms in total. The van der Waals surface area contributed by atoms with Crippen LogP contribution in [0.15, 0.2) is 60.7 Å². The van der Waals surface area contributed by atoms with Gasteiger partial charge in [0.15, 0.2) is 0 Å². The van der Waals surface area contributed by atoms with Crippen LogP contribution in [0, 0.1) is 0 Å². The Morgan fingerprint density at radius 3 is 2.14 bits per heavy atom. The zero-order chi connectivity index (χ0) is 15.8. The van der Waals surface area contributed by atoms with Crippen LogP contribution in [-0.2, 0) is 4.74 Å². The number of ketones is 1. The summed E-state index contributed by atoms with van der Waals surface area (Å²) < 4.78 is 5.89. The van der Waals surface area contributed by atoms with Crippen LogP contribution in [0.4, 0.5) is 5.69 Å². The van der Waals surface area contributed by atoms with E-state index < -0.39 is 0 Å². The fourth-order valence-electron chi connectivity index (χ4n) is 2.75. The van der Waals surface area contributed by atoms with Crippen LogP contribution in [0.5, 0.6) is 0 Å². The number of carbonyl (C=O) groups is 1. The number of methoxy groups -OCH3 is 1. The lowest BCUT2D eigenvalue weighted by Gasteiger charge is -2.36. The third-order valence-electron chi connectivity index (χ3n) is 4.17. The van der Waals surface area contributed by atoms with Gasteiger partial charge in [0.25, 0.3) is 0 Å². The molecule has 0 aromatic heterocycles. The lowest BCUT2D eigenvalue weighted by molar-refractivity contribution is 0.0907. The summed E-state index contributed by atoms with van der Waals surface area (Å²) in [6.07, 6.45) is 0. The summed E-state index contributed by atoms with van der Waals surface area (Å²) in [5, 5.41) is 0. The summed E-state index contributed by atoms with van der Waals surface area (Å²) >= 11 is 0. The van der Waals surface area contributed by atoms with Gasteiger partial charge in [-0.15, -0.1) is 0 Å². The SMILES string of the molecule is CC[N+](CCOC)(CC(=O)c1ccccc1)c1ccccc1. The van der Waals surface area contributed by atoms with Crippen LogP contribution < -0.4 is 4.48 Å². The summed E-state index contributed by atoms with van der Waals surface area (Å²) in [4.78, 5) is 12.7. The second-order valence-electron chi connectivity index (χ2n) is 5.46. The maximum absolute atomic E-state index is 12.7. The Hall–Kier alpha value is -1.97. The number of quaternary nitrogens is 1. The van der Waals surface area contributed by atoms with Gasteiger partial charge < -0.3 is 4.74 Å². The van der Waals surface area contributed by atoms with Crippen molar-refractivity contribution in [2.75, 3.05) is 33.4 Å². The van der Waals surface area contributed by atoms with Crippen molar-refractivity contribution in [3.05, 3.63) is 66.2 Å². The molecule has 3 heteroatoms. The van der Waals surface area contributed by atoms with E-state index in [1.54, 1.807) is 7.11 Å². The highest BCUT2D eigenvalue weighted by atomic mass is 16.5. The number of benzene rings is 2. The van der Waals surface area contributed by atoms with Crippen molar-refractivity contribution in [2.24, 2.45) is 0 Å². The van der Waals surface area contributed by atoms with Gasteiger partial charge in [-0.05, 0) is 19.1 Å². The fraction of sp³-hybridized carbons (Fsp3) is 0.316. The Labute approximate surface area is 132 Å². The molecule has 0 aliphatic heterocycles. The molecule has 0 amide bonds. The number of likely N-dealkylation sites (N-methyl/N-ethyl adjacent to an activating group) is 1. The Balaban J connectivity index is 2.30. The summed E-state index contributed by atoms with van der Waals surface area (Å²) in [7, 11) is 1.70. The van der Waals surface area contributed by atoms with Crippen LogP contribution in [0.1, 0.15) is 17.3 Å². The maximum atomic E-state index is 12.7. The lowest BCUT2D eigenvalue weighted by Crippen LogP contribution is -2.54. The lowest BCUT2D eigenvalue weighted by atomic mass is 10.1. The monoisotopic (exact) mass is 298 g/mol. The van der Waals surface area contributed by atoms with E-state index in [1.807, 2.05) is 48.5 Å². The van der Waals surface area contributed by atoms with Crippen LogP contribution in [0.3, 0.4) is 0 Å². The van der Waals surface area contributed by atoms with Crippen LogP contribution >= 0.6 is 0 Å². The fourth-order valence-corrected chi connectivity index (χ4v) is 2.75. The quantitative estimate of drug-likeness (QED) is 0.550. The molecule has 0 bridgehead atoms. The van der Waals surface area contributed by atoms with E-state index in [0.29, 0.717) is 17.6 Å². The van der Waals surface area contributed by atoms with Gasteiger partial charge in [-0.1, -0.05) is 48.5 Å². The first-order valence-corrected chi connectivity index (χ1v) is 7.71. The molecule has 0 aliphatic carbocycles.